The van der Waals surface area contributed by atoms with E-state index < -0.39 is 97.5 Å². The first-order valence-corrected chi connectivity index (χ1v) is 50.5. The number of aliphatic hydroxyl groups excluding tert-OH is 1. The average Bonchev–Trinajstić information content (AvgIpc) is 0.900. The van der Waals surface area contributed by atoms with Gasteiger partial charge in [-0.3, -0.25) is 37.3 Å². The van der Waals surface area contributed by atoms with Crippen molar-refractivity contribution in [1.29, 1.82) is 0 Å². The van der Waals surface area contributed by atoms with E-state index in [4.69, 9.17) is 37.0 Å². The van der Waals surface area contributed by atoms with Crippen LogP contribution in [-0.4, -0.2) is 96.7 Å². The van der Waals surface area contributed by atoms with Gasteiger partial charge in [0, 0.05) is 25.7 Å². The third-order valence-corrected chi connectivity index (χ3v) is 23.6. The maximum Gasteiger partial charge on any atom is 0.472 e. The highest BCUT2D eigenvalue weighted by Crippen LogP contribution is 2.45. The third-order valence-electron chi connectivity index (χ3n) is 21.7. The SMILES string of the molecule is CCCCCCCCCCCCCCCCCCCCCCC(=O)O[C@H](COC(=O)CCCCCCCCCCC)COP(=O)(O)OC[C@H](O)COP(=O)(O)OC[C@@H](COC(=O)CCCCCCCCCCCCCCCCCCCCC(C)C)OC(=O)CCCCCCCCCCCCCCCCCCCCC(C)C. The second kappa shape index (κ2) is 83.1. The monoisotopic (exact) mass is 1620 g/mol. The van der Waals surface area contributed by atoms with Crippen molar-refractivity contribution in [3.63, 3.8) is 0 Å². The molecule has 17 nitrogen and oxygen atoms in total. The molecule has 111 heavy (non-hydrogen) atoms. The number of unbranched alkanes of at least 4 members (excludes halogenated alkanes) is 61. The minimum absolute atomic E-state index is 0.109. The molecule has 5 atom stereocenters. The smallest absolute Gasteiger partial charge is 0.462 e. The molecule has 0 spiro atoms. The summed E-state index contributed by atoms with van der Waals surface area (Å²) in [5.41, 5.74) is 0. The number of phosphoric acid groups is 2. The minimum atomic E-state index is -4.97. The summed E-state index contributed by atoms with van der Waals surface area (Å²) < 4.78 is 69.0. The Morgan fingerprint density at radius 3 is 0.613 bits per heavy atom. The number of phosphoric ester groups is 2. The Bertz CT molecular complexity index is 2120. The van der Waals surface area contributed by atoms with Crippen LogP contribution >= 0.6 is 15.6 Å². The number of esters is 4. The summed E-state index contributed by atoms with van der Waals surface area (Å²) in [6, 6.07) is 0. The summed E-state index contributed by atoms with van der Waals surface area (Å²) in [5, 5.41) is 10.7. The van der Waals surface area contributed by atoms with Gasteiger partial charge in [-0.25, -0.2) is 9.13 Å². The first-order valence-electron chi connectivity index (χ1n) is 47.5. The van der Waals surface area contributed by atoms with Gasteiger partial charge in [0.05, 0.1) is 26.4 Å². The van der Waals surface area contributed by atoms with E-state index in [1.165, 1.54) is 315 Å². The van der Waals surface area contributed by atoms with Gasteiger partial charge in [0.25, 0.3) is 0 Å². The van der Waals surface area contributed by atoms with Gasteiger partial charge in [0.15, 0.2) is 12.2 Å². The molecule has 0 aliphatic rings. The maximum absolute atomic E-state index is 13.2. The number of rotatable bonds is 91. The Morgan fingerprint density at radius 1 is 0.243 bits per heavy atom. The van der Waals surface area contributed by atoms with E-state index in [-0.39, 0.29) is 25.7 Å². The van der Waals surface area contributed by atoms with Crippen molar-refractivity contribution in [3.8, 4) is 0 Å². The van der Waals surface area contributed by atoms with Crippen molar-refractivity contribution < 1.29 is 80.2 Å². The standard InChI is InChI=1S/C92H180O17P2/c1-7-9-11-13-15-17-18-19-20-21-22-23-31-36-41-46-52-58-64-70-76-91(96)108-87(80-102-89(94)74-68-62-56-48-16-14-12-10-8-2)82-106-110(98,99)104-78-86(93)79-105-111(100,101)107-83-88(109-92(97)77-71-65-59-53-47-42-37-32-27-25-29-34-39-44-50-55-61-67-73-85(5)6)81-103-90(95)75-69-63-57-51-45-40-35-30-26-24-28-33-38-43-49-54-60-66-72-84(3)4/h84-88,93H,7-83H2,1-6H3,(H,98,99)(H,100,101)/t86-,87+,88+/m0/s1. The van der Waals surface area contributed by atoms with E-state index in [1.807, 2.05) is 0 Å². The van der Waals surface area contributed by atoms with Gasteiger partial charge < -0.3 is 33.8 Å². The van der Waals surface area contributed by atoms with Gasteiger partial charge in [0.2, 0.25) is 0 Å². The summed E-state index contributed by atoms with van der Waals surface area (Å²) in [7, 11) is -9.93. The molecule has 0 aromatic carbocycles. The molecular formula is C92H180O17P2. The zero-order chi connectivity index (χ0) is 81.3. The van der Waals surface area contributed by atoms with Crippen LogP contribution in [0.15, 0.2) is 0 Å². The van der Waals surface area contributed by atoms with Gasteiger partial charge in [-0.05, 0) is 37.5 Å². The van der Waals surface area contributed by atoms with Gasteiger partial charge in [-0.1, -0.05) is 446 Å². The Balaban J connectivity index is 5.19. The van der Waals surface area contributed by atoms with E-state index in [0.29, 0.717) is 25.7 Å². The first kappa shape index (κ1) is 109. The molecule has 0 aliphatic heterocycles. The molecule has 0 amide bonds. The molecule has 0 aliphatic carbocycles. The number of hydrogen-bond donors (Lipinski definition) is 3. The summed E-state index contributed by atoms with van der Waals surface area (Å²) >= 11 is 0. The maximum atomic E-state index is 13.2. The number of carbonyl (C=O) groups is 4. The van der Waals surface area contributed by atoms with Crippen LogP contribution in [0.3, 0.4) is 0 Å². The van der Waals surface area contributed by atoms with Crippen LogP contribution in [0.2, 0.25) is 0 Å². The molecule has 19 heteroatoms. The molecule has 0 saturated carbocycles. The predicted octanol–water partition coefficient (Wildman–Crippen LogP) is 28.6. The largest absolute Gasteiger partial charge is 0.472 e. The molecule has 3 N–H and O–H groups in total. The molecule has 0 aromatic heterocycles. The van der Waals surface area contributed by atoms with E-state index in [9.17, 15) is 43.2 Å². The fraction of sp³-hybridized carbons (Fsp3) is 0.957. The van der Waals surface area contributed by atoms with Crippen LogP contribution in [0.1, 0.15) is 497 Å². The quantitative estimate of drug-likeness (QED) is 0.0222. The molecule has 0 aromatic rings. The molecule has 660 valence electrons. The molecule has 0 heterocycles. The van der Waals surface area contributed by atoms with Crippen LogP contribution in [0, 0.1) is 11.8 Å². The number of ether oxygens (including phenoxy) is 4. The fourth-order valence-electron chi connectivity index (χ4n) is 14.5. The Labute approximate surface area is 683 Å². The van der Waals surface area contributed by atoms with Crippen LogP contribution in [0.25, 0.3) is 0 Å². The van der Waals surface area contributed by atoms with Gasteiger partial charge in [0.1, 0.15) is 19.3 Å². The molecule has 0 saturated heterocycles. The Kier molecular flexibility index (Phi) is 81.7. The second-order valence-electron chi connectivity index (χ2n) is 34.0. The minimum Gasteiger partial charge on any atom is -0.462 e. The molecule has 0 bridgehead atoms. The number of hydrogen-bond acceptors (Lipinski definition) is 15. The topological polar surface area (TPSA) is 237 Å². The average molecular weight is 1620 g/mol. The number of carbonyl (C=O) groups excluding carboxylic acids is 4. The molecule has 0 rings (SSSR count). The predicted molar refractivity (Wildman–Crippen MR) is 460 cm³/mol. The lowest BCUT2D eigenvalue weighted by molar-refractivity contribution is -0.161. The highest BCUT2D eigenvalue weighted by atomic mass is 31.2. The molecular weight excluding hydrogens is 1440 g/mol. The van der Waals surface area contributed by atoms with Crippen molar-refractivity contribution in [2.45, 2.75) is 516 Å². The van der Waals surface area contributed by atoms with Crippen LogP contribution in [0.5, 0.6) is 0 Å². The summed E-state index contributed by atoms with van der Waals surface area (Å²) in [4.78, 5) is 73.4. The summed E-state index contributed by atoms with van der Waals surface area (Å²) in [6.07, 6.45) is 78.0. The highest BCUT2D eigenvalue weighted by molar-refractivity contribution is 7.47. The Hall–Kier alpha value is -1.94. The van der Waals surface area contributed by atoms with Gasteiger partial charge in [-0.2, -0.15) is 0 Å². The third kappa shape index (κ3) is 85.8. The lowest BCUT2D eigenvalue weighted by atomic mass is 10.0. The van der Waals surface area contributed by atoms with Gasteiger partial charge >= 0.3 is 39.5 Å². The Morgan fingerprint density at radius 2 is 0.414 bits per heavy atom. The zero-order valence-corrected chi connectivity index (χ0v) is 75.1. The normalized spacial score (nSPS) is 13.7. The summed E-state index contributed by atoms with van der Waals surface area (Å²) in [6.45, 7) is 9.76. The zero-order valence-electron chi connectivity index (χ0n) is 73.3. The molecule has 0 radical (unpaired) electrons. The van der Waals surface area contributed by atoms with Crippen LogP contribution in [0.4, 0.5) is 0 Å². The molecule has 0 fully saturated rings. The summed E-state index contributed by atoms with van der Waals surface area (Å²) in [5.74, 6) is -0.453. The first-order chi connectivity index (χ1) is 53.9. The van der Waals surface area contributed by atoms with E-state index >= 15 is 0 Å². The van der Waals surface area contributed by atoms with Crippen molar-refractivity contribution >= 4 is 39.5 Å². The highest BCUT2D eigenvalue weighted by Gasteiger charge is 2.31. The lowest BCUT2D eigenvalue weighted by Gasteiger charge is -2.21. The van der Waals surface area contributed by atoms with Crippen molar-refractivity contribution in [2.24, 2.45) is 11.8 Å². The van der Waals surface area contributed by atoms with Crippen LogP contribution < -0.4 is 0 Å². The number of aliphatic hydroxyl groups is 1. The fourth-order valence-corrected chi connectivity index (χ4v) is 16.1. The van der Waals surface area contributed by atoms with Crippen molar-refractivity contribution in [1.82, 2.24) is 0 Å². The van der Waals surface area contributed by atoms with Crippen LogP contribution in [-0.2, 0) is 65.4 Å². The van der Waals surface area contributed by atoms with Crippen molar-refractivity contribution in [2.75, 3.05) is 39.6 Å². The molecule has 2 unspecified atom stereocenters. The lowest BCUT2D eigenvalue weighted by Crippen LogP contribution is -2.30. The second-order valence-corrected chi connectivity index (χ2v) is 36.9. The van der Waals surface area contributed by atoms with Gasteiger partial charge in [-0.15, -0.1) is 0 Å². The van der Waals surface area contributed by atoms with E-state index in [1.54, 1.807) is 0 Å². The van der Waals surface area contributed by atoms with Crippen molar-refractivity contribution in [3.05, 3.63) is 0 Å². The van der Waals surface area contributed by atoms with E-state index in [2.05, 4.69) is 41.5 Å². The van der Waals surface area contributed by atoms with E-state index in [0.717, 1.165) is 102 Å².